The summed E-state index contributed by atoms with van der Waals surface area (Å²) in [5.74, 6) is 0.933. The zero-order chi connectivity index (χ0) is 21.9. The number of hydrogen-bond acceptors (Lipinski definition) is 7. The van der Waals surface area contributed by atoms with Crippen molar-refractivity contribution in [2.24, 2.45) is 0 Å². The van der Waals surface area contributed by atoms with Crippen LogP contribution >= 0.6 is 0 Å². The number of fused-ring (bicyclic) bond motifs is 1. The summed E-state index contributed by atoms with van der Waals surface area (Å²) in [7, 11) is 4.36. The van der Waals surface area contributed by atoms with E-state index in [1.165, 1.54) is 25.7 Å². The number of rotatable bonds is 5. The van der Waals surface area contributed by atoms with Gasteiger partial charge in [0.25, 0.3) is 0 Å². The van der Waals surface area contributed by atoms with Gasteiger partial charge < -0.3 is 19.9 Å². The van der Waals surface area contributed by atoms with Crippen LogP contribution in [0.1, 0.15) is 25.7 Å². The lowest BCUT2D eigenvalue weighted by atomic mass is 9.90. The lowest BCUT2D eigenvalue weighted by Crippen LogP contribution is -2.36. The molecular weight excluding hydrogens is 400 g/mol. The van der Waals surface area contributed by atoms with Gasteiger partial charge in [0.05, 0.1) is 30.6 Å². The summed E-state index contributed by atoms with van der Waals surface area (Å²) >= 11 is 0. The molecule has 0 unspecified atom stereocenters. The van der Waals surface area contributed by atoms with Gasteiger partial charge in [0.2, 0.25) is 0 Å². The molecule has 7 heteroatoms. The molecule has 3 aromatic rings. The second-order valence-electron chi connectivity index (χ2n) is 9.10. The third kappa shape index (κ3) is 4.54. The molecule has 1 N–H and O–H groups in total. The summed E-state index contributed by atoms with van der Waals surface area (Å²) < 4.78 is 5.49. The third-order valence-electron chi connectivity index (χ3n) is 6.84. The highest BCUT2D eigenvalue weighted by molar-refractivity contribution is 5.92. The minimum Gasteiger partial charge on any atom is -0.378 e. The Bertz CT molecular complexity index is 1060. The quantitative estimate of drug-likeness (QED) is 0.657. The van der Waals surface area contributed by atoms with E-state index in [0.717, 1.165) is 59.8 Å². The second-order valence-corrected chi connectivity index (χ2v) is 9.10. The summed E-state index contributed by atoms with van der Waals surface area (Å²) in [5.41, 5.74) is 4.35. The summed E-state index contributed by atoms with van der Waals surface area (Å²) in [6, 6.07) is 9.78. The molecule has 1 aromatic carbocycles. The fraction of sp³-hybridized carbons (Fsp3) is 0.480. The zero-order valence-corrected chi connectivity index (χ0v) is 19.0. The maximum Gasteiger partial charge on any atom is 0.137 e. The van der Waals surface area contributed by atoms with Gasteiger partial charge in [0.1, 0.15) is 12.1 Å². The summed E-state index contributed by atoms with van der Waals surface area (Å²) in [6.07, 6.45) is 10.3. The topological polar surface area (TPSA) is 66.4 Å². The van der Waals surface area contributed by atoms with E-state index in [4.69, 9.17) is 4.74 Å². The van der Waals surface area contributed by atoms with Crippen LogP contribution in [0.25, 0.3) is 22.0 Å². The van der Waals surface area contributed by atoms with Crippen molar-refractivity contribution in [3.63, 3.8) is 0 Å². The average Bonchev–Trinajstić information content (AvgIpc) is 2.85. The zero-order valence-electron chi connectivity index (χ0n) is 19.0. The average molecular weight is 433 g/mol. The molecule has 7 nitrogen and oxygen atoms in total. The lowest BCUT2D eigenvalue weighted by Gasteiger charge is -2.33. The first-order valence-electron chi connectivity index (χ1n) is 11.6. The number of benzene rings is 1. The molecular formula is C25H32N6O. The standard InChI is InChI=1S/C25H32N6O/c1-30(2)21-6-4-20(5-7-21)29-25-23-14-18(3-8-24(23)27-17-28-25)19-13-22(16-26-15-19)31-9-11-32-12-10-31/h3,8,13-17,20-21H,4-7,9-12H2,1-2H3,(H,27,28,29). The van der Waals surface area contributed by atoms with E-state index in [9.17, 15) is 0 Å². The first kappa shape index (κ1) is 21.1. The van der Waals surface area contributed by atoms with Crippen molar-refractivity contribution in [3.8, 4) is 11.1 Å². The molecule has 32 heavy (non-hydrogen) atoms. The molecule has 5 rings (SSSR count). The number of nitrogens with one attached hydrogen (secondary N) is 1. The fourth-order valence-electron chi connectivity index (χ4n) is 4.86. The van der Waals surface area contributed by atoms with E-state index in [-0.39, 0.29) is 0 Å². The van der Waals surface area contributed by atoms with E-state index < -0.39 is 0 Å². The molecule has 3 heterocycles. The molecule has 1 aliphatic heterocycles. The first-order valence-corrected chi connectivity index (χ1v) is 11.6. The van der Waals surface area contributed by atoms with Crippen molar-refractivity contribution >= 4 is 22.4 Å². The van der Waals surface area contributed by atoms with Crippen LogP contribution in [0.5, 0.6) is 0 Å². The van der Waals surface area contributed by atoms with Crippen LogP contribution < -0.4 is 10.2 Å². The molecule has 0 atom stereocenters. The monoisotopic (exact) mass is 432 g/mol. The van der Waals surface area contributed by atoms with E-state index >= 15 is 0 Å². The van der Waals surface area contributed by atoms with Crippen LogP contribution in [0, 0.1) is 0 Å². The molecule has 0 amide bonds. The number of aromatic nitrogens is 3. The van der Waals surface area contributed by atoms with Gasteiger partial charge in [-0.05, 0) is 63.5 Å². The van der Waals surface area contributed by atoms with Crippen LogP contribution in [0.4, 0.5) is 11.5 Å². The maximum atomic E-state index is 5.49. The summed E-state index contributed by atoms with van der Waals surface area (Å²) in [5, 5.41) is 4.78. The predicted octanol–water partition coefficient (Wildman–Crippen LogP) is 3.81. The van der Waals surface area contributed by atoms with Gasteiger partial charge in [-0.3, -0.25) is 4.98 Å². The highest BCUT2D eigenvalue weighted by Crippen LogP contribution is 2.31. The van der Waals surface area contributed by atoms with E-state index in [0.29, 0.717) is 12.1 Å². The normalized spacial score (nSPS) is 21.8. The number of pyridine rings is 1. The molecule has 0 radical (unpaired) electrons. The fourth-order valence-corrected chi connectivity index (χ4v) is 4.86. The SMILES string of the molecule is CN(C)C1CCC(Nc2ncnc3ccc(-c4cncc(N5CCOCC5)c4)cc23)CC1. The Balaban J connectivity index is 1.39. The lowest BCUT2D eigenvalue weighted by molar-refractivity contribution is 0.122. The van der Waals surface area contributed by atoms with Crippen molar-refractivity contribution in [2.45, 2.75) is 37.8 Å². The van der Waals surface area contributed by atoms with Crippen LogP contribution in [-0.2, 0) is 4.74 Å². The van der Waals surface area contributed by atoms with E-state index in [2.05, 4.69) is 68.4 Å². The maximum absolute atomic E-state index is 5.49. The number of ether oxygens (including phenoxy) is 1. The van der Waals surface area contributed by atoms with Crippen molar-refractivity contribution in [1.82, 2.24) is 19.9 Å². The number of hydrogen-bond donors (Lipinski definition) is 1. The van der Waals surface area contributed by atoms with Gasteiger partial charge in [0.15, 0.2) is 0 Å². The molecule has 0 bridgehead atoms. The van der Waals surface area contributed by atoms with Crippen LogP contribution in [0.3, 0.4) is 0 Å². The van der Waals surface area contributed by atoms with Gasteiger partial charge in [-0.2, -0.15) is 0 Å². The molecule has 2 fully saturated rings. The third-order valence-corrected chi connectivity index (χ3v) is 6.84. The molecule has 1 saturated carbocycles. The van der Waals surface area contributed by atoms with Crippen molar-refractivity contribution in [1.29, 1.82) is 0 Å². The minimum absolute atomic E-state index is 0.458. The molecule has 2 aromatic heterocycles. The molecule has 168 valence electrons. The Labute approximate surface area is 189 Å². The van der Waals surface area contributed by atoms with Gasteiger partial charge in [0, 0.05) is 42.3 Å². The predicted molar refractivity (Wildman–Crippen MR) is 129 cm³/mol. The van der Waals surface area contributed by atoms with Crippen molar-refractivity contribution < 1.29 is 4.74 Å². The Kier molecular flexibility index (Phi) is 6.19. The molecule has 2 aliphatic rings. The van der Waals surface area contributed by atoms with Gasteiger partial charge in [-0.25, -0.2) is 9.97 Å². The first-order chi connectivity index (χ1) is 15.7. The highest BCUT2D eigenvalue weighted by atomic mass is 16.5. The molecule has 1 saturated heterocycles. The highest BCUT2D eigenvalue weighted by Gasteiger charge is 2.23. The Morgan fingerprint density at radius 2 is 1.78 bits per heavy atom. The molecule has 1 aliphatic carbocycles. The van der Waals surface area contributed by atoms with Crippen LogP contribution in [-0.4, -0.2) is 72.3 Å². The Morgan fingerprint density at radius 1 is 0.969 bits per heavy atom. The number of anilines is 2. The van der Waals surface area contributed by atoms with E-state index in [1.807, 2.05) is 12.4 Å². The van der Waals surface area contributed by atoms with Crippen molar-refractivity contribution in [2.75, 3.05) is 50.6 Å². The van der Waals surface area contributed by atoms with Crippen LogP contribution in [0.15, 0.2) is 43.0 Å². The van der Waals surface area contributed by atoms with Crippen LogP contribution in [0.2, 0.25) is 0 Å². The molecule has 0 spiro atoms. The van der Waals surface area contributed by atoms with Gasteiger partial charge in [-0.1, -0.05) is 6.07 Å². The smallest absolute Gasteiger partial charge is 0.137 e. The van der Waals surface area contributed by atoms with Gasteiger partial charge >= 0.3 is 0 Å². The Morgan fingerprint density at radius 3 is 2.56 bits per heavy atom. The van der Waals surface area contributed by atoms with E-state index in [1.54, 1.807) is 6.33 Å². The minimum atomic E-state index is 0.458. The van der Waals surface area contributed by atoms with Gasteiger partial charge in [-0.15, -0.1) is 0 Å². The Hall–Kier alpha value is -2.77. The second kappa shape index (κ2) is 9.38. The largest absolute Gasteiger partial charge is 0.378 e. The summed E-state index contributed by atoms with van der Waals surface area (Å²) in [4.78, 5) is 18.3. The number of nitrogens with zero attached hydrogens (tertiary/aromatic N) is 5. The summed E-state index contributed by atoms with van der Waals surface area (Å²) in [6.45, 7) is 3.34. The van der Waals surface area contributed by atoms with Crippen molar-refractivity contribution in [3.05, 3.63) is 43.0 Å². The number of morpholine rings is 1.